The predicted octanol–water partition coefficient (Wildman–Crippen LogP) is 3.29. The fourth-order valence-corrected chi connectivity index (χ4v) is 3.07. The summed E-state index contributed by atoms with van der Waals surface area (Å²) in [4.78, 5) is 4.62. The lowest BCUT2D eigenvalue weighted by molar-refractivity contribution is 0.297. The van der Waals surface area contributed by atoms with Gasteiger partial charge in [-0.3, -0.25) is 0 Å². The maximum Gasteiger partial charge on any atom is 0.228 e. The van der Waals surface area contributed by atoms with Crippen LogP contribution in [-0.2, 0) is 6.42 Å². The number of nitrogens with one attached hydrogen (secondary N) is 1. The van der Waals surface area contributed by atoms with Gasteiger partial charge in [-0.2, -0.15) is 4.98 Å². The van der Waals surface area contributed by atoms with Gasteiger partial charge in [-0.15, -0.1) is 0 Å². The molecular formula is C15H27N3O. The normalized spacial score (nSPS) is 25.4. The molecule has 0 amide bonds. The molecule has 1 aliphatic carbocycles. The fraction of sp³-hybridized carbons (Fsp3) is 0.867. The Morgan fingerprint density at radius 2 is 2.21 bits per heavy atom. The summed E-state index contributed by atoms with van der Waals surface area (Å²) in [5, 5.41) is 7.49. The van der Waals surface area contributed by atoms with Crippen molar-refractivity contribution in [2.24, 2.45) is 5.92 Å². The first kappa shape index (κ1) is 14.5. The number of aromatic nitrogens is 2. The van der Waals surface area contributed by atoms with Gasteiger partial charge in [0.1, 0.15) is 0 Å². The summed E-state index contributed by atoms with van der Waals surface area (Å²) in [6.07, 6.45) is 8.33. The van der Waals surface area contributed by atoms with Crippen molar-refractivity contribution in [3.8, 4) is 0 Å². The molecule has 19 heavy (non-hydrogen) atoms. The SMILES string of the molecule is CCC1CCCC(c2noc(CC(CC)NC)n2)C1. The van der Waals surface area contributed by atoms with Crippen LogP contribution in [-0.4, -0.2) is 23.2 Å². The molecule has 3 unspecified atom stereocenters. The number of rotatable bonds is 6. The molecule has 108 valence electrons. The van der Waals surface area contributed by atoms with Gasteiger partial charge in [-0.25, -0.2) is 0 Å². The molecule has 0 aliphatic heterocycles. The van der Waals surface area contributed by atoms with E-state index in [1.54, 1.807) is 0 Å². The van der Waals surface area contributed by atoms with Crippen molar-refractivity contribution in [3.63, 3.8) is 0 Å². The highest BCUT2D eigenvalue weighted by Crippen LogP contribution is 2.36. The Balaban J connectivity index is 1.96. The fourth-order valence-electron chi connectivity index (χ4n) is 3.07. The van der Waals surface area contributed by atoms with Crippen LogP contribution in [0.3, 0.4) is 0 Å². The van der Waals surface area contributed by atoms with E-state index in [1.165, 1.54) is 32.1 Å². The molecule has 0 saturated heterocycles. The van der Waals surface area contributed by atoms with Gasteiger partial charge in [0.2, 0.25) is 5.89 Å². The second-order valence-corrected chi connectivity index (χ2v) is 5.78. The van der Waals surface area contributed by atoms with Crippen molar-refractivity contribution in [2.75, 3.05) is 7.05 Å². The highest BCUT2D eigenvalue weighted by molar-refractivity contribution is 4.99. The van der Waals surface area contributed by atoms with E-state index in [4.69, 9.17) is 4.52 Å². The minimum Gasteiger partial charge on any atom is -0.339 e. The molecule has 1 heterocycles. The molecule has 0 bridgehead atoms. The Kier molecular flexibility index (Phi) is 5.37. The van der Waals surface area contributed by atoms with Crippen molar-refractivity contribution in [3.05, 3.63) is 11.7 Å². The van der Waals surface area contributed by atoms with Gasteiger partial charge in [-0.05, 0) is 32.2 Å². The molecular weight excluding hydrogens is 238 g/mol. The molecule has 1 aromatic heterocycles. The molecule has 1 aliphatic rings. The summed E-state index contributed by atoms with van der Waals surface area (Å²) in [7, 11) is 1.98. The summed E-state index contributed by atoms with van der Waals surface area (Å²) in [5.41, 5.74) is 0. The van der Waals surface area contributed by atoms with Crippen molar-refractivity contribution >= 4 is 0 Å². The van der Waals surface area contributed by atoms with Gasteiger partial charge in [0.15, 0.2) is 5.82 Å². The van der Waals surface area contributed by atoms with Gasteiger partial charge < -0.3 is 9.84 Å². The Morgan fingerprint density at radius 3 is 2.89 bits per heavy atom. The zero-order chi connectivity index (χ0) is 13.7. The number of hydrogen-bond donors (Lipinski definition) is 1. The third-order valence-electron chi connectivity index (χ3n) is 4.53. The Morgan fingerprint density at radius 1 is 1.37 bits per heavy atom. The largest absolute Gasteiger partial charge is 0.339 e. The van der Waals surface area contributed by atoms with E-state index >= 15 is 0 Å². The highest BCUT2D eigenvalue weighted by atomic mass is 16.5. The number of hydrogen-bond acceptors (Lipinski definition) is 4. The summed E-state index contributed by atoms with van der Waals surface area (Å²) < 4.78 is 5.42. The molecule has 1 N–H and O–H groups in total. The van der Waals surface area contributed by atoms with Crippen LogP contribution in [0.2, 0.25) is 0 Å². The smallest absolute Gasteiger partial charge is 0.228 e. The first-order valence-corrected chi connectivity index (χ1v) is 7.76. The minimum absolute atomic E-state index is 0.433. The molecule has 4 nitrogen and oxygen atoms in total. The lowest BCUT2D eigenvalue weighted by Gasteiger charge is -2.26. The lowest BCUT2D eigenvalue weighted by Crippen LogP contribution is -2.26. The minimum atomic E-state index is 0.433. The quantitative estimate of drug-likeness (QED) is 0.857. The number of nitrogens with zero attached hydrogens (tertiary/aromatic N) is 2. The predicted molar refractivity (Wildman–Crippen MR) is 76.1 cm³/mol. The van der Waals surface area contributed by atoms with E-state index in [-0.39, 0.29) is 0 Å². The summed E-state index contributed by atoms with van der Waals surface area (Å²) in [6.45, 7) is 4.46. The Hall–Kier alpha value is -0.900. The Labute approximate surface area is 116 Å². The van der Waals surface area contributed by atoms with E-state index in [0.29, 0.717) is 12.0 Å². The van der Waals surface area contributed by atoms with E-state index in [2.05, 4.69) is 29.3 Å². The van der Waals surface area contributed by atoms with Crippen LogP contribution in [0.15, 0.2) is 4.52 Å². The second-order valence-electron chi connectivity index (χ2n) is 5.78. The zero-order valence-corrected chi connectivity index (χ0v) is 12.5. The van der Waals surface area contributed by atoms with Gasteiger partial charge in [0.05, 0.1) is 0 Å². The summed E-state index contributed by atoms with van der Waals surface area (Å²) >= 11 is 0. The molecule has 0 aromatic carbocycles. The van der Waals surface area contributed by atoms with Crippen LogP contribution in [0.1, 0.15) is 70.0 Å². The second kappa shape index (κ2) is 7.04. The van der Waals surface area contributed by atoms with E-state index in [0.717, 1.165) is 30.5 Å². The third kappa shape index (κ3) is 3.78. The zero-order valence-electron chi connectivity index (χ0n) is 12.5. The average molecular weight is 265 g/mol. The topological polar surface area (TPSA) is 51.0 Å². The van der Waals surface area contributed by atoms with Crippen molar-refractivity contribution in [1.82, 2.24) is 15.5 Å². The molecule has 0 spiro atoms. The molecule has 2 rings (SSSR count). The standard InChI is InChI=1S/C15H27N3O/c1-4-11-7-6-8-12(9-11)15-17-14(19-18-15)10-13(5-2)16-3/h11-13,16H,4-10H2,1-3H3. The first-order valence-electron chi connectivity index (χ1n) is 7.76. The van der Waals surface area contributed by atoms with Crippen molar-refractivity contribution in [1.29, 1.82) is 0 Å². The molecule has 3 atom stereocenters. The number of likely N-dealkylation sites (N-methyl/N-ethyl adjacent to an activating group) is 1. The van der Waals surface area contributed by atoms with Crippen LogP contribution >= 0.6 is 0 Å². The van der Waals surface area contributed by atoms with Gasteiger partial charge in [-0.1, -0.05) is 38.3 Å². The van der Waals surface area contributed by atoms with E-state index < -0.39 is 0 Å². The van der Waals surface area contributed by atoms with Crippen LogP contribution in [0.4, 0.5) is 0 Å². The van der Waals surface area contributed by atoms with Gasteiger partial charge in [0.25, 0.3) is 0 Å². The first-order chi connectivity index (χ1) is 9.26. The highest BCUT2D eigenvalue weighted by Gasteiger charge is 2.26. The lowest BCUT2D eigenvalue weighted by atomic mass is 9.80. The van der Waals surface area contributed by atoms with Crippen LogP contribution in [0, 0.1) is 5.92 Å². The van der Waals surface area contributed by atoms with Gasteiger partial charge >= 0.3 is 0 Å². The van der Waals surface area contributed by atoms with Crippen LogP contribution in [0.25, 0.3) is 0 Å². The molecule has 1 saturated carbocycles. The van der Waals surface area contributed by atoms with E-state index in [9.17, 15) is 0 Å². The summed E-state index contributed by atoms with van der Waals surface area (Å²) in [5.74, 6) is 3.10. The van der Waals surface area contributed by atoms with Gasteiger partial charge in [0, 0.05) is 18.4 Å². The van der Waals surface area contributed by atoms with Crippen molar-refractivity contribution in [2.45, 2.75) is 70.8 Å². The summed E-state index contributed by atoms with van der Waals surface area (Å²) in [6, 6.07) is 0.433. The van der Waals surface area contributed by atoms with Crippen molar-refractivity contribution < 1.29 is 4.52 Å². The average Bonchev–Trinajstić information content (AvgIpc) is 2.93. The maximum absolute atomic E-state index is 5.42. The molecule has 0 radical (unpaired) electrons. The molecule has 1 aromatic rings. The Bertz CT molecular complexity index is 373. The van der Waals surface area contributed by atoms with E-state index in [1.807, 2.05) is 7.05 Å². The van der Waals surface area contributed by atoms with Crippen LogP contribution < -0.4 is 5.32 Å². The van der Waals surface area contributed by atoms with Crippen LogP contribution in [0.5, 0.6) is 0 Å². The molecule has 1 fully saturated rings. The maximum atomic E-state index is 5.42. The monoisotopic (exact) mass is 265 g/mol. The third-order valence-corrected chi connectivity index (χ3v) is 4.53. The molecule has 4 heteroatoms.